The van der Waals surface area contributed by atoms with Crippen molar-refractivity contribution in [2.45, 2.75) is 37.3 Å². The van der Waals surface area contributed by atoms with Gasteiger partial charge < -0.3 is 15.6 Å². The molecular weight excluding hydrogens is 326 g/mol. The van der Waals surface area contributed by atoms with Crippen molar-refractivity contribution in [2.75, 3.05) is 0 Å². The molecule has 0 amide bonds. The van der Waals surface area contributed by atoms with Crippen LogP contribution in [0.2, 0.25) is 5.02 Å². The van der Waals surface area contributed by atoms with Crippen LogP contribution >= 0.6 is 11.6 Å². The highest BCUT2D eigenvalue weighted by atomic mass is 35.5. The summed E-state index contributed by atoms with van der Waals surface area (Å²) >= 11 is 6.34. The maximum absolute atomic E-state index is 11.3. The molecule has 0 radical (unpaired) electrons. The summed E-state index contributed by atoms with van der Waals surface area (Å²) in [5, 5.41) is 9.78. The Labute approximate surface area is 146 Å². The minimum Gasteiger partial charge on any atom is -0.487 e. The summed E-state index contributed by atoms with van der Waals surface area (Å²) in [5.74, 6) is -0.190. The number of rotatable bonds is 5. The molecular formula is C19H20ClNO3. The Morgan fingerprint density at radius 2 is 2.04 bits per heavy atom. The molecule has 1 aliphatic rings. The molecule has 0 spiro atoms. The van der Waals surface area contributed by atoms with Crippen molar-refractivity contribution in [1.82, 2.24) is 0 Å². The molecule has 5 heteroatoms. The largest absolute Gasteiger partial charge is 0.487 e. The predicted molar refractivity (Wildman–Crippen MR) is 93.4 cm³/mol. The molecule has 1 aliphatic carbocycles. The van der Waals surface area contributed by atoms with E-state index in [0.717, 1.165) is 17.5 Å². The highest BCUT2D eigenvalue weighted by molar-refractivity contribution is 6.32. The molecule has 0 bridgehead atoms. The summed E-state index contributed by atoms with van der Waals surface area (Å²) in [4.78, 5) is 11.3. The van der Waals surface area contributed by atoms with E-state index in [9.17, 15) is 9.90 Å². The number of ether oxygens (including phenoxy) is 1. The molecule has 4 nitrogen and oxygen atoms in total. The highest BCUT2D eigenvalue weighted by Gasteiger charge is 2.42. The SMILES string of the molecule is NC1(C(=O)O)CC[C@@H](c2ccc(OCc3ccccc3)c(Cl)c2)C1. The third-order valence-corrected chi connectivity index (χ3v) is 4.94. The van der Waals surface area contributed by atoms with Crippen molar-refractivity contribution >= 4 is 17.6 Å². The van der Waals surface area contributed by atoms with E-state index in [1.54, 1.807) is 0 Å². The van der Waals surface area contributed by atoms with Gasteiger partial charge in [-0.15, -0.1) is 0 Å². The molecule has 1 unspecified atom stereocenters. The van der Waals surface area contributed by atoms with Crippen LogP contribution in [0.5, 0.6) is 5.75 Å². The van der Waals surface area contributed by atoms with Crippen molar-refractivity contribution < 1.29 is 14.6 Å². The number of nitrogens with two attached hydrogens (primary N) is 1. The Bertz CT molecular complexity index is 735. The maximum Gasteiger partial charge on any atom is 0.323 e. The van der Waals surface area contributed by atoms with Crippen LogP contribution in [0, 0.1) is 0 Å². The van der Waals surface area contributed by atoms with Crippen molar-refractivity contribution in [3.8, 4) is 5.75 Å². The van der Waals surface area contributed by atoms with Crippen LogP contribution in [0.25, 0.3) is 0 Å². The number of benzene rings is 2. The minimum absolute atomic E-state index is 0.117. The average molecular weight is 346 g/mol. The minimum atomic E-state index is -1.13. The van der Waals surface area contributed by atoms with Gasteiger partial charge in [0.1, 0.15) is 17.9 Å². The molecule has 1 fully saturated rings. The summed E-state index contributed by atoms with van der Waals surface area (Å²) in [6.45, 7) is 0.453. The van der Waals surface area contributed by atoms with E-state index in [4.69, 9.17) is 22.1 Å². The van der Waals surface area contributed by atoms with Crippen LogP contribution < -0.4 is 10.5 Å². The van der Waals surface area contributed by atoms with Gasteiger partial charge in [-0.1, -0.05) is 48.0 Å². The Kier molecular flexibility index (Phi) is 4.78. The molecule has 3 N–H and O–H groups in total. The molecule has 2 aromatic rings. The van der Waals surface area contributed by atoms with Gasteiger partial charge in [0, 0.05) is 0 Å². The molecule has 0 heterocycles. The second-order valence-electron chi connectivity index (χ2n) is 6.37. The zero-order chi connectivity index (χ0) is 17.2. The van der Waals surface area contributed by atoms with Crippen LogP contribution in [0.1, 0.15) is 36.3 Å². The Morgan fingerprint density at radius 3 is 2.67 bits per heavy atom. The lowest BCUT2D eigenvalue weighted by atomic mass is 9.93. The summed E-state index contributed by atoms with van der Waals surface area (Å²) in [5.41, 5.74) is 6.91. The highest BCUT2D eigenvalue weighted by Crippen LogP contribution is 2.41. The van der Waals surface area contributed by atoms with Crippen LogP contribution in [-0.2, 0) is 11.4 Å². The Morgan fingerprint density at radius 1 is 1.29 bits per heavy atom. The summed E-state index contributed by atoms with van der Waals surface area (Å²) in [7, 11) is 0. The second-order valence-corrected chi connectivity index (χ2v) is 6.77. The van der Waals surface area contributed by atoms with E-state index < -0.39 is 11.5 Å². The second kappa shape index (κ2) is 6.83. The molecule has 24 heavy (non-hydrogen) atoms. The van der Waals surface area contributed by atoms with E-state index in [-0.39, 0.29) is 5.92 Å². The fourth-order valence-corrected chi connectivity index (χ4v) is 3.42. The lowest BCUT2D eigenvalue weighted by Crippen LogP contribution is -2.45. The molecule has 1 saturated carbocycles. The van der Waals surface area contributed by atoms with Gasteiger partial charge in [-0.3, -0.25) is 4.79 Å². The van der Waals surface area contributed by atoms with Gasteiger partial charge in [0.05, 0.1) is 5.02 Å². The molecule has 0 aliphatic heterocycles. The monoisotopic (exact) mass is 345 g/mol. The topological polar surface area (TPSA) is 72.6 Å². The van der Waals surface area contributed by atoms with Gasteiger partial charge in [-0.05, 0) is 48.4 Å². The first-order valence-electron chi connectivity index (χ1n) is 7.96. The Hall–Kier alpha value is -2.04. The van der Waals surface area contributed by atoms with Gasteiger partial charge in [0.15, 0.2) is 0 Å². The van der Waals surface area contributed by atoms with E-state index in [1.165, 1.54) is 0 Å². The Balaban J connectivity index is 1.68. The van der Waals surface area contributed by atoms with Crippen LogP contribution in [0.15, 0.2) is 48.5 Å². The maximum atomic E-state index is 11.3. The molecule has 2 aromatic carbocycles. The third-order valence-electron chi connectivity index (χ3n) is 4.64. The lowest BCUT2D eigenvalue weighted by Gasteiger charge is -2.18. The van der Waals surface area contributed by atoms with Crippen LogP contribution in [-0.4, -0.2) is 16.6 Å². The van der Waals surface area contributed by atoms with Gasteiger partial charge in [-0.2, -0.15) is 0 Å². The standard InChI is InChI=1S/C19H20ClNO3/c20-16-10-14(15-8-9-19(21,11-15)18(22)23)6-7-17(16)24-12-13-4-2-1-3-5-13/h1-7,10,15H,8-9,11-12,21H2,(H,22,23)/t15-,19?/m1/s1. The van der Waals surface area contributed by atoms with Gasteiger partial charge in [0.2, 0.25) is 0 Å². The predicted octanol–water partition coefficient (Wildman–Crippen LogP) is 3.97. The van der Waals surface area contributed by atoms with Crippen LogP contribution in [0.3, 0.4) is 0 Å². The summed E-state index contributed by atoms with van der Waals surface area (Å²) < 4.78 is 5.77. The van der Waals surface area contributed by atoms with Gasteiger partial charge in [-0.25, -0.2) is 0 Å². The summed E-state index contributed by atoms with van der Waals surface area (Å²) in [6, 6.07) is 15.5. The smallest absolute Gasteiger partial charge is 0.323 e. The number of carbonyl (C=O) groups is 1. The first-order valence-corrected chi connectivity index (χ1v) is 8.34. The zero-order valence-corrected chi connectivity index (χ0v) is 14.0. The van der Waals surface area contributed by atoms with Crippen molar-refractivity contribution in [2.24, 2.45) is 5.73 Å². The van der Waals surface area contributed by atoms with Crippen LogP contribution in [0.4, 0.5) is 0 Å². The molecule has 0 aromatic heterocycles. The third kappa shape index (κ3) is 3.55. The lowest BCUT2D eigenvalue weighted by molar-refractivity contribution is -0.143. The van der Waals surface area contributed by atoms with Crippen molar-refractivity contribution in [3.63, 3.8) is 0 Å². The number of carboxylic acid groups (broad SMARTS) is 1. The number of hydrogen-bond acceptors (Lipinski definition) is 3. The fraction of sp³-hybridized carbons (Fsp3) is 0.316. The van der Waals surface area contributed by atoms with E-state index in [2.05, 4.69) is 0 Å². The zero-order valence-electron chi connectivity index (χ0n) is 13.2. The normalized spacial score (nSPS) is 23.2. The molecule has 3 rings (SSSR count). The molecule has 2 atom stereocenters. The van der Waals surface area contributed by atoms with Gasteiger partial charge >= 0.3 is 5.97 Å². The number of carboxylic acids is 1. The van der Waals surface area contributed by atoms with Gasteiger partial charge in [0.25, 0.3) is 0 Å². The first kappa shape index (κ1) is 16.8. The fourth-order valence-electron chi connectivity index (χ4n) is 3.18. The number of hydrogen-bond donors (Lipinski definition) is 2. The summed E-state index contributed by atoms with van der Waals surface area (Å²) in [6.07, 6.45) is 1.67. The van der Waals surface area contributed by atoms with E-state index in [0.29, 0.717) is 30.2 Å². The average Bonchev–Trinajstić information content (AvgIpc) is 2.98. The van der Waals surface area contributed by atoms with Crippen molar-refractivity contribution in [1.29, 1.82) is 0 Å². The quantitative estimate of drug-likeness (QED) is 0.860. The number of halogens is 1. The van der Waals surface area contributed by atoms with E-state index >= 15 is 0 Å². The molecule has 0 saturated heterocycles. The number of aliphatic carboxylic acids is 1. The molecule has 126 valence electrons. The van der Waals surface area contributed by atoms with E-state index in [1.807, 2.05) is 48.5 Å². The first-order chi connectivity index (χ1) is 11.5. The van der Waals surface area contributed by atoms with Crippen molar-refractivity contribution in [3.05, 3.63) is 64.7 Å².